The van der Waals surface area contributed by atoms with Crippen molar-refractivity contribution < 1.29 is 19.4 Å². The average Bonchev–Trinajstić information content (AvgIpc) is 2.91. The molecule has 0 spiro atoms. The molecule has 3 rings (SSSR count). The highest BCUT2D eigenvalue weighted by Crippen LogP contribution is 2.36. The maximum atomic E-state index is 12.7. The van der Waals surface area contributed by atoms with Crippen molar-refractivity contribution in [3.05, 3.63) is 29.8 Å². The zero-order valence-electron chi connectivity index (χ0n) is 11.6. The zero-order valence-corrected chi connectivity index (χ0v) is 11.6. The van der Waals surface area contributed by atoms with Gasteiger partial charge in [0.1, 0.15) is 0 Å². The van der Waals surface area contributed by atoms with Crippen LogP contribution in [-0.4, -0.2) is 42.8 Å². The number of rotatable bonds is 2. The lowest BCUT2D eigenvalue weighted by atomic mass is 9.89. The Labute approximate surface area is 122 Å². The lowest BCUT2D eigenvalue weighted by molar-refractivity contribution is -0.139. The van der Waals surface area contributed by atoms with Gasteiger partial charge < -0.3 is 20.5 Å². The molecule has 0 bridgehead atoms. The monoisotopic (exact) mass is 290 g/mol. The molecule has 1 saturated heterocycles. The normalized spacial score (nSPS) is 28.2. The van der Waals surface area contributed by atoms with Crippen molar-refractivity contribution in [1.82, 2.24) is 0 Å². The van der Waals surface area contributed by atoms with E-state index in [2.05, 4.69) is 0 Å². The Morgan fingerprint density at radius 3 is 2.71 bits per heavy atom. The van der Waals surface area contributed by atoms with E-state index in [0.717, 1.165) is 0 Å². The van der Waals surface area contributed by atoms with Gasteiger partial charge in [0.05, 0.1) is 25.0 Å². The van der Waals surface area contributed by atoms with E-state index in [4.69, 9.17) is 10.5 Å². The highest BCUT2D eigenvalue weighted by atomic mass is 16.5. The number of ether oxygens (including phenoxy) is 1. The maximum absolute atomic E-state index is 12.7. The van der Waals surface area contributed by atoms with Crippen LogP contribution in [0.15, 0.2) is 24.3 Å². The summed E-state index contributed by atoms with van der Waals surface area (Å²) >= 11 is 0. The van der Waals surface area contributed by atoms with E-state index in [1.54, 1.807) is 23.1 Å². The summed E-state index contributed by atoms with van der Waals surface area (Å²) < 4.78 is 5.26. The van der Waals surface area contributed by atoms with E-state index in [0.29, 0.717) is 37.4 Å². The molecule has 21 heavy (non-hydrogen) atoms. The first-order valence-corrected chi connectivity index (χ1v) is 7.06. The van der Waals surface area contributed by atoms with Crippen LogP contribution in [0.25, 0.3) is 0 Å². The number of carbonyl (C=O) groups excluding carboxylic acids is 1. The van der Waals surface area contributed by atoms with Gasteiger partial charge in [-0.1, -0.05) is 18.2 Å². The molecular formula is C15H18N2O4. The fraction of sp³-hybridized carbons (Fsp3) is 0.467. The molecule has 3 atom stereocenters. The quantitative estimate of drug-likeness (QED) is 0.830. The number of hydrogen-bond acceptors (Lipinski definition) is 4. The van der Waals surface area contributed by atoms with Crippen LogP contribution >= 0.6 is 0 Å². The Balaban J connectivity index is 1.92. The molecule has 0 radical (unpaired) electrons. The number of carboxylic acid groups (broad SMARTS) is 1. The molecule has 6 heteroatoms. The van der Waals surface area contributed by atoms with Crippen LogP contribution in [0.1, 0.15) is 17.9 Å². The van der Waals surface area contributed by atoms with E-state index in [1.165, 1.54) is 0 Å². The lowest BCUT2D eigenvalue weighted by Gasteiger charge is -2.34. The van der Waals surface area contributed by atoms with E-state index < -0.39 is 11.9 Å². The van der Waals surface area contributed by atoms with Crippen LogP contribution in [0.5, 0.6) is 0 Å². The maximum Gasteiger partial charge on any atom is 0.311 e. The molecule has 3 N–H and O–H groups in total. The molecule has 1 amide bonds. The summed E-state index contributed by atoms with van der Waals surface area (Å²) in [6, 6.07) is 6.89. The minimum Gasteiger partial charge on any atom is -0.481 e. The molecule has 0 saturated carbocycles. The first kappa shape index (κ1) is 14.0. The van der Waals surface area contributed by atoms with E-state index in [1.807, 2.05) is 6.07 Å². The number of aliphatic carboxylic acids is 1. The molecular weight excluding hydrogens is 272 g/mol. The van der Waals surface area contributed by atoms with Gasteiger partial charge in [-0.3, -0.25) is 9.59 Å². The summed E-state index contributed by atoms with van der Waals surface area (Å²) in [4.78, 5) is 25.7. The third kappa shape index (κ3) is 2.41. The topological polar surface area (TPSA) is 92.9 Å². The van der Waals surface area contributed by atoms with Gasteiger partial charge in [0, 0.05) is 18.3 Å². The Kier molecular flexibility index (Phi) is 3.65. The minimum absolute atomic E-state index is 0.0729. The van der Waals surface area contributed by atoms with Crippen molar-refractivity contribution in [2.75, 3.05) is 24.7 Å². The summed E-state index contributed by atoms with van der Waals surface area (Å²) in [6.45, 7) is 1.13. The number of nitrogens with zero attached hydrogens (tertiary/aromatic N) is 1. The van der Waals surface area contributed by atoms with Crippen molar-refractivity contribution in [1.29, 1.82) is 0 Å². The molecule has 2 heterocycles. The summed E-state index contributed by atoms with van der Waals surface area (Å²) in [7, 11) is 0. The minimum atomic E-state index is -0.851. The third-order valence-corrected chi connectivity index (χ3v) is 4.25. The lowest BCUT2D eigenvalue weighted by Crippen LogP contribution is -2.46. The largest absolute Gasteiger partial charge is 0.481 e. The Bertz CT molecular complexity index is 575. The van der Waals surface area contributed by atoms with Crippen molar-refractivity contribution in [2.24, 2.45) is 11.7 Å². The fourth-order valence-electron chi connectivity index (χ4n) is 3.07. The SMILES string of the molecule is NC1COCC1C(=O)N1CCC(C(=O)O)c2ccccc21. The molecule has 1 aromatic carbocycles. The van der Waals surface area contributed by atoms with Gasteiger partial charge in [0.2, 0.25) is 5.91 Å². The van der Waals surface area contributed by atoms with E-state index in [-0.39, 0.29) is 17.9 Å². The molecule has 2 aliphatic rings. The fourth-order valence-corrected chi connectivity index (χ4v) is 3.07. The number of fused-ring (bicyclic) bond motifs is 1. The van der Waals surface area contributed by atoms with E-state index in [9.17, 15) is 14.7 Å². The third-order valence-electron chi connectivity index (χ3n) is 4.25. The Morgan fingerprint density at radius 2 is 2.05 bits per heavy atom. The van der Waals surface area contributed by atoms with Gasteiger partial charge in [0.25, 0.3) is 0 Å². The molecule has 3 unspecified atom stereocenters. The second-order valence-electron chi connectivity index (χ2n) is 5.54. The number of amides is 1. The smallest absolute Gasteiger partial charge is 0.311 e. The van der Waals surface area contributed by atoms with Gasteiger partial charge in [-0.05, 0) is 18.1 Å². The van der Waals surface area contributed by atoms with Crippen LogP contribution in [0.4, 0.5) is 5.69 Å². The van der Waals surface area contributed by atoms with Crippen molar-refractivity contribution in [3.8, 4) is 0 Å². The van der Waals surface area contributed by atoms with Gasteiger partial charge >= 0.3 is 5.97 Å². The summed E-state index contributed by atoms with van der Waals surface area (Å²) in [6.07, 6.45) is 0.418. The number of carboxylic acids is 1. The number of carbonyl (C=O) groups is 2. The Morgan fingerprint density at radius 1 is 1.29 bits per heavy atom. The molecule has 112 valence electrons. The first-order valence-electron chi connectivity index (χ1n) is 7.06. The second-order valence-corrected chi connectivity index (χ2v) is 5.54. The number of nitrogens with two attached hydrogens (primary N) is 1. The molecule has 6 nitrogen and oxygen atoms in total. The predicted octanol–water partition coefficient (Wildman–Crippen LogP) is 0.565. The highest BCUT2D eigenvalue weighted by molar-refractivity contribution is 5.98. The molecule has 0 aliphatic carbocycles. The zero-order chi connectivity index (χ0) is 15.0. The van der Waals surface area contributed by atoms with Crippen molar-refractivity contribution >= 4 is 17.6 Å². The molecule has 1 aromatic rings. The number of para-hydroxylation sites is 1. The summed E-state index contributed by atoms with van der Waals surface area (Å²) in [5, 5.41) is 9.32. The van der Waals surface area contributed by atoms with Crippen molar-refractivity contribution in [2.45, 2.75) is 18.4 Å². The first-order chi connectivity index (χ1) is 10.1. The second kappa shape index (κ2) is 5.46. The van der Waals surface area contributed by atoms with Gasteiger partial charge in [0.15, 0.2) is 0 Å². The van der Waals surface area contributed by atoms with Crippen LogP contribution in [-0.2, 0) is 14.3 Å². The number of anilines is 1. The average molecular weight is 290 g/mol. The van der Waals surface area contributed by atoms with Gasteiger partial charge in [-0.15, -0.1) is 0 Å². The van der Waals surface area contributed by atoms with Gasteiger partial charge in [-0.25, -0.2) is 0 Å². The van der Waals surface area contributed by atoms with Crippen LogP contribution in [0.2, 0.25) is 0 Å². The number of hydrogen-bond donors (Lipinski definition) is 2. The predicted molar refractivity (Wildman–Crippen MR) is 76.1 cm³/mol. The molecule has 1 fully saturated rings. The van der Waals surface area contributed by atoms with Crippen molar-refractivity contribution in [3.63, 3.8) is 0 Å². The Hall–Kier alpha value is -1.92. The van der Waals surface area contributed by atoms with Crippen LogP contribution in [0, 0.1) is 5.92 Å². The number of benzene rings is 1. The van der Waals surface area contributed by atoms with Gasteiger partial charge in [-0.2, -0.15) is 0 Å². The summed E-state index contributed by atoms with van der Waals surface area (Å²) in [5.41, 5.74) is 7.29. The van der Waals surface area contributed by atoms with E-state index >= 15 is 0 Å². The summed E-state index contributed by atoms with van der Waals surface area (Å²) in [5.74, 6) is -1.83. The molecule has 2 aliphatic heterocycles. The standard InChI is InChI=1S/C15H18N2O4/c16-12-8-21-7-11(12)14(18)17-6-5-10(15(19)20)9-3-1-2-4-13(9)17/h1-4,10-12H,5-8,16H2,(H,19,20). The highest BCUT2D eigenvalue weighted by Gasteiger charge is 2.38. The van der Waals surface area contributed by atoms with Crippen LogP contribution in [0.3, 0.4) is 0 Å². The van der Waals surface area contributed by atoms with Crippen LogP contribution < -0.4 is 10.6 Å². The molecule has 0 aromatic heterocycles.